The molecule has 5 heteroatoms. The second-order valence-electron chi connectivity index (χ2n) is 5.90. The minimum atomic E-state index is -0.269. The summed E-state index contributed by atoms with van der Waals surface area (Å²) in [5, 5.41) is 2.92. The van der Waals surface area contributed by atoms with Crippen LogP contribution in [0.3, 0.4) is 0 Å². The third-order valence-corrected chi connectivity index (χ3v) is 3.78. The number of nitrogens with two attached hydrogens (primary N) is 1. The van der Waals surface area contributed by atoms with E-state index in [2.05, 4.69) is 11.4 Å². The number of nitrogens with zero attached hydrogens (tertiary/aromatic N) is 1. The Morgan fingerprint density at radius 2 is 1.95 bits per heavy atom. The summed E-state index contributed by atoms with van der Waals surface area (Å²) in [6.07, 6.45) is 1.73. The van der Waals surface area contributed by atoms with Crippen molar-refractivity contribution in [2.24, 2.45) is 11.7 Å². The molecule has 0 unspecified atom stereocenters. The quantitative estimate of drug-likeness (QED) is 0.880. The molecule has 1 aromatic carbocycles. The molecule has 21 heavy (non-hydrogen) atoms. The molecule has 3 N–H and O–H groups in total. The van der Waals surface area contributed by atoms with Crippen molar-refractivity contribution in [2.45, 2.75) is 26.7 Å². The zero-order valence-corrected chi connectivity index (χ0v) is 12.7. The number of aryl methyl sites for hydroxylation is 2. The van der Waals surface area contributed by atoms with E-state index in [4.69, 9.17) is 5.73 Å². The van der Waals surface area contributed by atoms with Crippen LogP contribution in [0.4, 0.5) is 5.69 Å². The van der Waals surface area contributed by atoms with Gasteiger partial charge in [0, 0.05) is 12.2 Å². The topological polar surface area (TPSA) is 75.4 Å². The lowest BCUT2D eigenvalue weighted by Crippen LogP contribution is -2.44. The summed E-state index contributed by atoms with van der Waals surface area (Å²) in [6.45, 7) is 5.73. The van der Waals surface area contributed by atoms with Gasteiger partial charge in [0.2, 0.25) is 11.8 Å². The van der Waals surface area contributed by atoms with Crippen LogP contribution in [-0.2, 0) is 9.59 Å². The number of hydrogen-bond donors (Lipinski definition) is 2. The normalized spacial score (nSPS) is 19.2. The third-order valence-electron chi connectivity index (χ3n) is 3.78. The minimum Gasteiger partial charge on any atom is -0.369 e. The van der Waals surface area contributed by atoms with E-state index in [1.165, 1.54) is 0 Å². The number of likely N-dealkylation sites (tertiary alicyclic amines) is 1. The van der Waals surface area contributed by atoms with E-state index in [1.807, 2.05) is 30.9 Å². The van der Waals surface area contributed by atoms with Gasteiger partial charge in [-0.05, 0) is 56.5 Å². The van der Waals surface area contributed by atoms with Crippen LogP contribution in [0.2, 0.25) is 0 Å². The van der Waals surface area contributed by atoms with Crippen LogP contribution in [0.5, 0.6) is 0 Å². The first-order valence-corrected chi connectivity index (χ1v) is 7.34. The summed E-state index contributed by atoms with van der Waals surface area (Å²) in [4.78, 5) is 25.4. The van der Waals surface area contributed by atoms with Crippen molar-refractivity contribution in [2.75, 3.05) is 25.0 Å². The highest BCUT2D eigenvalue weighted by atomic mass is 16.2. The summed E-state index contributed by atoms with van der Waals surface area (Å²) in [5.74, 6) is -0.452. The van der Waals surface area contributed by atoms with E-state index < -0.39 is 0 Å². The second kappa shape index (κ2) is 6.72. The smallest absolute Gasteiger partial charge is 0.238 e. The van der Waals surface area contributed by atoms with Gasteiger partial charge >= 0.3 is 0 Å². The fourth-order valence-corrected chi connectivity index (χ4v) is 2.88. The molecule has 2 rings (SSSR count). The molecule has 1 heterocycles. The van der Waals surface area contributed by atoms with Crippen LogP contribution >= 0.6 is 0 Å². The van der Waals surface area contributed by atoms with E-state index in [0.29, 0.717) is 13.1 Å². The molecule has 0 radical (unpaired) electrons. The first-order chi connectivity index (χ1) is 9.94. The van der Waals surface area contributed by atoms with Gasteiger partial charge in [0.25, 0.3) is 0 Å². The molecule has 0 spiro atoms. The Morgan fingerprint density at radius 3 is 2.57 bits per heavy atom. The predicted molar refractivity (Wildman–Crippen MR) is 82.9 cm³/mol. The van der Waals surface area contributed by atoms with Gasteiger partial charge in [-0.3, -0.25) is 14.5 Å². The third kappa shape index (κ3) is 4.56. The molecule has 1 aliphatic heterocycles. The number of piperidine rings is 1. The maximum Gasteiger partial charge on any atom is 0.238 e. The maximum atomic E-state index is 12.1. The number of rotatable bonds is 4. The van der Waals surface area contributed by atoms with Crippen molar-refractivity contribution < 1.29 is 9.59 Å². The minimum absolute atomic E-state index is 0.0508. The molecule has 0 aromatic heterocycles. The first kappa shape index (κ1) is 15.5. The van der Waals surface area contributed by atoms with Crippen LogP contribution in [0.1, 0.15) is 24.0 Å². The van der Waals surface area contributed by atoms with Crippen LogP contribution in [-0.4, -0.2) is 36.3 Å². The van der Waals surface area contributed by atoms with Crippen LogP contribution in [0.25, 0.3) is 0 Å². The second-order valence-corrected chi connectivity index (χ2v) is 5.90. The lowest BCUT2D eigenvalue weighted by atomic mass is 9.97. The SMILES string of the molecule is Cc1cc(C)cc(NC(=O)CN2CCC[C@@H](C(N)=O)C2)c1. The molecule has 1 aliphatic rings. The van der Waals surface area contributed by atoms with Crippen LogP contribution in [0, 0.1) is 19.8 Å². The van der Waals surface area contributed by atoms with Gasteiger partial charge in [-0.1, -0.05) is 6.07 Å². The summed E-state index contributed by atoms with van der Waals surface area (Å²) in [5.41, 5.74) is 8.42. The van der Waals surface area contributed by atoms with Crippen molar-refractivity contribution in [3.05, 3.63) is 29.3 Å². The van der Waals surface area contributed by atoms with Gasteiger partial charge in [0.15, 0.2) is 0 Å². The molecule has 5 nitrogen and oxygen atoms in total. The van der Waals surface area contributed by atoms with Gasteiger partial charge in [-0.15, -0.1) is 0 Å². The fraction of sp³-hybridized carbons (Fsp3) is 0.500. The van der Waals surface area contributed by atoms with Crippen molar-refractivity contribution in [1.82, 2.24) is 4.90 Å². The number of benzene rings is 1. The molecule has 1 saturated heterocycles. The molecule has 0 aliphatic carbocycles. The highest BCUT2D eigenvalue weighted by molar-refractivity contribution is 5.92. The summed E-state index contributed by atoms with van der Waals surface area (Å²) in [6, 6.07) is 5.97. The molecule has 1 aromatic rings. The summed E-state index contributed by atoms with van der Waals surface area (Å²) in [7, 11) is 0. The summed E-state index contributed by atoms with van der Waals surface area (Å²) < 4.78 is 0. The standard InChI is InChI=1S/C16H23N3O2/c1-11-6-12(2)8-14(7-11)18-15(20)10-19-5-3-4-13(9-19)16(17)21/h6-8,13H,3-5,9-10H2,1-2H3,(H2,17,21)(H,18,20)/t13-/m1/s1. The molecular weight excluding hydrogens is 266 g/mol. The van der Waals surface area contributed by atoms with Crippen molar-refractivity contribution in [1.29, 1.82) is 0 Å². The molecule has 2 amide bonds. The number of anilines is 1. The van der Waals surface area contributed by atoms with E-state index in [1.54, 1.807) is 0 Å². The Morgan fingerprint density at radius 1 is 1.29 bits per heavy atom. The molecule has 0 saturated carbocycles. The van der Waals surface area contributed by atoms with Crippen LogP contribution < -0.4 is 11.1 Å². The molecule has 114 valence electrons. The molecule has 1 fully saturated rings. The van der Waals surface area contributed by atoms with Gasteiger partial charge in [-0.2, -0.15) is 0 Å². The highest BCUT2D eigenvalue weighted by Gasteiger charge is 2.25. The van der Waals surface area contributed by atoms with Crippen molar-refractivity contribution in [3.63, 3.8) is 0 Å². The van der Waals surface area contributed by atoms with E-state index in [9.17, 15) is 9.59 Å². The highest BCUT2D eigenvalue weighted by Crippen LogP contribution is 2.17. The van der Waals surface area contributed by atoms with E-state index in [-0.39, 0.29) is 17.7 Å². The zero-order valence-electron chi connectivity index (χ0n) is 12.7. The number of primary amides is 1. The number of hydrogen-bond acceptors (Lipinski definition) is 3. The molecule has 1 atom stereocenters. The lowest BCUT2D eigenvalue weighted by Gasteiger charge is -2.30. The van der Waals surface area contributed by atoms with Crippen molar-refractivity contribution >= 4 is 17.5 Å². The van der Waals surface area contributed by atoms with E-state index in [0.717, 1.165) is 36.2 Å². The average molecular weight is 289 g/mol. The number of carbonyl (C=O) groups excluding carboxylic acids is 2. The van der Waals surface area contributed by atoms with Crippen LogP contribution in [0.15, 0.2) is 18.2 Å². The van der Waals surface area contributed by atoms with Gasteiger partial charge < -0.3 is 11.1 Å². The number of carbonyl (C=O) groups is 2. The Kier molecular flexibility index (Phi) is 4.96. The van der Waals surface area contributed by atoms with Gasteiger partial charge in [0.1, 0.15) is 0 Å². The van der Waals surface area contributed by atoms with Crippen molar-refractivity contribution in [3.8, 4) is 0 Å². The monoisotopic (exact) mass is 289 g/mol. The predicted octanol–water partition coefficient (Wildman–Crippen LogP) is 1.44. The Hall–Kier alpha value is -1.88. The maximum absolute atomic E-state index is 12.1. The molecule has 0 bridgehead atoms. The lowest BCUT2D eigenvalue weighted by molar-refractivity contribution is -0.125. The van der Waals surface area contributed by atoms with Gasteiger partial charge in [0.05, 0.1) is 12.5 Å². The Labute approximate surface area is 125 Å². The summed E-state index contributed by atoms with van der Waals surface area (Å²) >= 11 is 0. The zero-order chi connectivity index (χ0) is 15.4. The first-order valence-electron chi connectivity index (χ1n) is 7.34. The number of amides is 2. The Balaban J connectivity index is 1.90. The Bertz CT molecular complexity index is 522. The average Bonchev–Trinajstić information content (AvgIpc) is 2.37. The largest absolute Gasteiger partial charge is 0.369 e. The van der Waals surface area contributed by atoms with Gasteiger partial charge in [-0.25, -0.2) is 0 Å². The number of nitrogens with one attached hydrogen (secondary N) is 1. The molecular formula is C16H23N3O2. The van der Waals surface area contributed by atoms with E-state index >= 15 is 0 Å². The fourth-order valence-electron chi connectivity index (χ4n) is 2.88.